The first-order valence-corrected chi connectivity index (χ1v) is 8.13. The first-order chi connectivity index (χ1) is 11.0. The molecule has 2 rings (SSSR count). The lowest BCUT2D eigenvalue weighted by Gasteiger charge is -2.21. The van der Waals surface area contributed by atoms with E-state index in [0.29, 0.717) is 6.54 Å². The van der Waals surface area contributed by atoms with Gasteiger partial charge in [0.1, 0.15) is 11.6 Å². The second-order valence-corrected chi connectivity index (χ2v) is 6.27. The summed E-state index contributed by atoms with van der Waals surface area (Å²) in [5.41, 5.74) is 0.950. The number of amides is 2. The van der Waals surface area contributed by atoms with Gasteiger partial charge in [0.25, 0.3) is 0 Å². The molecule has 1 atom stereocenters. The molecular weight excluding hydrogens is 317 g/mol. The van der Waals surface area contributed by atoms with Gasteiger partial charge in [-0.1, -0.05) is 12.1 Å². The minimum Gasteiger partial charge on any atom is -0.488 e. The molecular formula is C16H20FN3O2S. The van der Waals surface area contributed by atoms with E-state index in [1.165, 1.54) is 17.4 Å². The standard InChI is InChI=1S/C16H20FN3O2S/c1-11(9-22-14-7-5-4-6-13(14)17)19-16(21)20(3)8-15-18-12(2)10-23-15/h4-7,10-11H,8-9H2,1-3H3,(H,19,21)/t11-/m1/s1. The summed E-state index contributed by atoms with van der Waals surface area (Å²) in [4.78, 5) is 18.0. The van der Waals surface area contributed by atoms with Gasteiger partial charge in [0.2, 0.25) is 0 Å². The average Bonchev–Trinajstić information content (AvgIpc) is 2.91. The van der Waals surface area contributed by atoms with Crippen molar-refractivity contribution in [2.45, 2.75) is 26.4 Å². The predicted molar refractivity (Wildman–Crippen MR) is 88.2 cm³/mol. The number of aryl methyl sites for hydroxylation is 1. The van der Waals surface area contributed by atoms with Crippen molar-refractivity contribution in [2.24, 2.45) is 0 Å². The molecule has 1 aromatic heterocycles. The summed E-state index contributed by atoms with van der Waals surface area (Å²) in [6.07, 6.45) is 0. The fourth-order valence-electron chi connectivity index (χ4n) is 1.89. The Morgan fingerprint density at radius 2 is 2.22 bits per heavy atom. The van der Waals surface area contributed by atoms with E-state index in [-0.39, 0.29) is 24.4 Å². The monoisotopic (exact) mass is 337 g/mol. The SMILES string of the molecule is Cc1csc(CN(C)C(=O)N[C@H](C)COc2ccccc2F)n1. The summed E-state index contributed by atoms with van der Waals surface area (Å²) in [5.74, 6) is -0.234. The van der Waals surface area contributed by atoms with Crippen molar-refractivity contribution < 1.29 is 13.9 Å². The van der Waals surface area contributed by atoms with E-state index >= 15 is 0 Å². The highest BCUT2D eigenvalue weighted by Gasteiger charge is 2.14. The molecule has 2 aromatic rings. The summed E-state index contributed by atoms with van der Waals surface area (Å²) >= 11 is 1.52. The fourth-order valence-corrected chi connectivity index (χ4v) is 2.71. The molecule has 23 heavy (non-hydrogen) atoms. The number of nitrogens with zero attached hydrogens (tertiary/aromatic N) is 2. The summed E-state index contributed by atoms with van der Waals surface area (Å²) in [7, 11) is 1.70. The number of aromatic nitrogens is 1. The molecule has 1 N–H and O–H groups in total. The Bertz CT molecular complexity index is 662. The Balaban J connectivity index is 1.78. The molecule has 0 radical (unpaired) electrons. The first-order valence-electron chi connectivity index (χ1n) is 7.25. The molecule has 0 saturated carbocycles. The van der Waals surface area contributed by atoms with E-state index in [1.807, 2.05) is 12.3 Å². The normalized spacial score (nSPS) is 11.8. The van der Waals surface area contributed by atoms with Gasteiger partial charge in [-0.15, -0.1) is 11.3 Å². The number of para-hydroxylation sites is 1. The topological polar surface area (TPSA) is 54.5 Å². The van der Waals surface area contributed by atoms with E-state index in [4.69, 9.17) is 4.74 Å². The van der Waals surface area contributed by atoms with Gasteiger partial charge in [-0.05, 0) is 26.0 Å². The van der Waals surface area contributed by atoms with Crippen molar-refractivity contribution in [1.82, 2.24) is 15.2 Å². The molecule has 1 aromatic carbocycles. The fraction of sp³-hybridized carbons (Fsp3) is 0.375. The molecule has 0 fully saturated rings. The Hall–Kier alpha value is -2.15. The number of benzene rings is 1. The quantitative estimate of drug-likeness (QED) is 0.881. The minimum absolute atomic E-state index is 0.181. The number of ether oxygens (including phenoxy) is 1. The van der Waals surface area contributed by atoms with Crippen molar-refractivity contribution in [3.63, 3.8) is 0 Å². The summed E-state index contributed by atoms with van der Waals surface area (Å²) in [5, 5.41) is 5.65. The third kappa shape index (κ3) is 5.21. The van der Waals surface area contributed by atoms with E-state index in [2.05, 4.69) is 10.3 Å². The number of hydrogen-bond acceptors (Lipinski definition) is 4. The zero-order valence-corrected chi connectivity index (χ0v) is 14.2. The maximum absolute atomic E-state index is 13.4. The molecule has 5 nitrogen and oxygen atoms in total. The molecule has 2 amide bonds. The van der Waals surface area contributed by atoms with Gasteiger partial charge in [0.15, 0.2) is 11.6 Å². The molecule has 0 saturated heterocycles. The third-order valence-corrected chi connectivity index (χ3v) is 4.03. The van der Waals surface area contributed by atoms with Crippen LogP contribution in [0.2, 0.25) is 0 Å². The van der Waals surface area contributed by atoms with Gasteiger partial charge in [-0.25, -0.2) is 14.2 Å². The van der Waals surface area contributed by atoms with Gasteiger partial charge in [0.05, 0.1) is 12.6 Å². The second kappa shape index (κ2) is 7.92. The Morgan fingerprint density at radius 1 is 1.48 bits per heavy atom. The number of rotatable bonds is 6. The van der Waals surface area contributed by atoms with Crippen LogP contribution in [-0.2, 0) is 6.54 Å². The van der Waals surface area contributed by atoms with Crippen LogP contribution < -0.4 is 10.1 Å². The van der Waals surface area contributed by atoms with Crippen molar-refractivity contribution in [3.05, 3.63) is 46.2 Å². The minimum atomic E-state index is -0.415. The van der Waals surface area contributed by atoms with Crippen LogP contribution >= 0.6 is 11.3 Å². The van der Waals surface area contributed by atoms with Crippen LogP contribution in [0.4, 0.5) is 9.18 Å². The molecule has 124 valence electrons. The number of urea groups is 1. The van der Waals surface area contributed by atoms with Gasteiger partial charge >= 0.3 is 6.03 Å². The summed E-state index contributed by atoms with van der Waals surface area (Å²) < 4.78 is 18.8. The highest BCUT2D eigenvalue weighted by molar-refractivity contribution is 7.09. The highest BCUT2D eigenvalue weighted by atomic mass is 32.1. The van der Waals surface area contributed by atoms with Crippen LogP contribution in [0.5, 0.6) is 5.75 Å². The molecule has 0 aliphatic heterocycles. The number of thiazole rings is 1. The van der Waals surface area contributed by atoms with Gasteiger partial charge in [-0.3, -0.25) is 0 Å². The molecule has 0 spiro atoms. The predicted octanol–water partition coefficient (Wildman–Crippen LogP) is 3.20. The van der Waals surface area contributed by atoms with Crippen LogP contribution in [0.25, 0.3) is 0 Å². The second-order valence-electron chi connectivity index (χ2n) is 5.33. The summed E-state index contributed by atoms with van der Waals surface area (Å²) in [6, 6.07) is 5.72. The van der Waals surface area contributed by atoms with Crippen LogP contribution in [0, 0.1) is 12.7 Å². The lowest BCUT2D eigenvalue weighted by atomic mass is 10.3. The Labute approximate surface area is 139 Å². The van der Waals surface area contributed by atoms with E-state index in [9.17, 15) is 9.18 Å². The first kappa shape index (κ1) is 17.2. The largest absolute Gasteiger partial charge is 0.488 e. The van der Waals surface area contributed by atoms with E-state index < -0.39 is 5.82 Å². The van der Waals surface area contributed by atoms with Crippen molar-refractivity contribution in [3.8, 4) is 5.75 Å². The third-order valence-electron chi connectivity index (χ3n) is 3.08. The van der Waals surface area contributed by atoms with Gasteiger partial charge < -0.3 is 15.0 Å². The van der Waals surface area contributed by atoms with Crippen LogP contribution in [0.3, 0.4) is 0 Å². The molecule has 7 heteroatoms. The lowest BCUT2D eigenvalue weighted by Crippen LogP contribution is -2.43. The number of hydrogen-bond donors (Lipinski definition) is 1. The average molecular weight is 337 g/mol. The number of carbonyl (C=O) groups is 1. The van der Waals surface area contributed by atoms with Crippen molar-refractivity contribution >= 4 is 17.4 Å². The maximum Gasteiger partial charge on any atom is 0.317 e. The maximum atomic E-state index is 13.4. The number of carbonyl (C=O) groups excluding carboxylic acids is 1. The van der Waals surface area contributed by atoms with E-state index in [0.717, 1.165) is 10.7 Å². The van der Waals surface area contributed by atoms with Crippen LogP contribution in [-0.4, -0.2) is 35.6 Å². The van der Waals surface area contributed by atoms with Gasteiger partial charge in [0, 0.05) is 18.1 Å². The molecule has 0 aliphatic rings. The number of halogens is 1. The van der Waals surface area contributed by atoms with Crippen LogP contribution in [0.15, 0.2) is 29.6 Å². The zero-order chi connectivity index (χ0) is 16.8. The van der Waals surface area contributed by atoms with Gasteiger partial charge in [-0.2, -0.15) is 0 Å². The van der Waals surface area contributed by atoms with Crippen LogP contribution in [0.1, 0.15) is 17.6 Å². The lowest BCUT2D eigenvalue weighted by molar-refractivity contribution is 0.194. The smallest absolute Gasteiger partial charge is 0.317 e. The summed E-state index contributed by atoms with van der Waals surface area (Å²) in [6.45, 7) is 4.37. The number of nitrogens with one attached hydrogen (secondary N) is 1. The molecule has 0 bridgehead atoms. The zero-order valence-electron chi connectivity index (χ0n) is 13.4. The molecule has 0 aliphatic carbocycles. The van der Waals surface area contributed by atoms with Crippen molar-refractivity contribution in [1.29, 1.82) is 0 Å². The van der Waals surface area contributed by atoms with E-state index in [1.54, 1.807) is 37.1 Å². The Morgan fingerprint density at radius 3 is 2.87 bits per heavy atom. The Kier molecular flexibility index (Phi) is 5.92. The molecule has 1 heterocycles. The molecule has 0 unspecified atom stereocenters. The van der Waals surface area contributed by atoms with Crippen molar-refractivity contribution in [2.75, 3.05) is 13.7 Å². The highest BCUT2D eigenvalue weighted by Crippen LogP contribution is 2.15.